The summed E-state index contributed by atoms with van der Waals surface area (Å²) >= 11 is 0. The number of aliphatic hydroxyl groups excluding tert-OH is 1. The lowest BCUT2D eigenvalue weighted by Crippen LogP contribution is -2.52. The summed E-state index contributed by atoms with van der Waals surface area (Å²) in [6.45, 7) is 4.11. The van der Waals surface area contributed by atoms with E-state index in [0.29, 0.717) is 18.0 Å². The van der Waals surface area contributed by atoms with E-state index < -0.39 is 0 Å². The number of piperidine rings is 1. The number of nitrogens with one attached hydrogen (secondary N) is 1. The van der Waals surface area contributed by atoms with Crippen LogP contribution in [-0.2, 0) is 4.79 Å². The van der Waals surface area contributed by atoms with Gasteiger partial charge < -0.3 is 10.4 Å². The van der Waals surface area contributed by atoms with Crippen LogP contribution in [0.5, 0.6) is 0 Å². The Labute approximate surface area is 128 Å². The Bertz CT molecular complexity index is 362. The van der Waals surface area contributed by atoms with Crippen molar-refractivity contribution in [2.45, 2.75) is 76.5 Å². The quantitative estimate of drug-likeness (QED) is 0.833. The van der Waals surface area contributed by atoms with Gasteiger partial charge in [-0.2, -0.15) is 0 Å². The molecule has 2 saturated carbocycles. The Morgan fingerprint density at radius 2 is 1.76 bits per heavy atom. The van der Waals surface area contributed by atoms with Gasteiger partial charge in [-0.1, -0.05) is 19.8 Å². The zero-order chi connectivity index (χ0) is 14.8. The lowest BCUT2D eigenvalue weighted by molar-refractivity contribution is -0.126. The minimum absolute atomic E-state index is 0.139. The van der Waals surface area contributed by atoms with Crippen LogP contribution in [0.15, 0.2) is 0 Å². The summed E-state index contributed by atoms with van der Waals surface area (Å²) in [5.74, 6) is 1.10. The van der Waals surface area contributed by atoms with Crippen LogP contribution in [0.1, 0.15) is 58.3 Å². The summed E-state index contributed by atoms with van der Waals surface area (Å²) in [6, 6.07) is 0.705. The molecule has 2 N–H and O–H groups in total. The van der Waals surface area contributed by atoms with E-state index in [2.05, 4.69) is 17.1 Å². The maximum Gasteiger partial charge on any atom is 0.223 e. The summed E-state index contributed by atoms with van der Waals surface area (Å²) in [6.07, 6.45) is 8.90. The molecule has 2 aliphatic carbocycles. The molecule has 4 heteroatoms. The minimum atomic E-state index is -0.139. The van der Waals surface area contributed by atoms with E-state index in [4.69, 9.17) is 0 Å². The first-order chi connectivity index (χ1) is 10.1. The maximum atomic E-state index is 12.2. The standard InChI is InChI=1S/C17H30N2O2/c1-12(13-6-7-13)17(21)18-14-8-10-19(11-9-14)15-4-2-3-5-16(15)20/h12-16,20H,2-11H2,1H3,(H,18,21). The SMILES string of the molecule is CC(C(=O)NC1CCN(C2CCCCC2O)CC1)C1CC1. The molecule has 0 bridgehead atoms. The van der Waals surface area contributed by atoms with Crippen LogP contribution in [0.25, 0.3) is 0 Å². The van der Waals surface area contributed by atoms with Crippen LogP contribution >= 0.6 is 0 Å². The molecule has 3 unspecified atom stereocenters. The third-order valence-corrected chi connectivity index (χ3v) is 5.78. The van der Waals surface area contributed by atoms with Crippen molar-refractivity contribution in [3.05, 3.63) is 0 Å². The number of rotatable bonds is 4. The molecule has 21 heavy (non-hydrogen) atoms. The molecule has 120 valence electrons. The van der Waals surface area contributed by atoms with Gasteiger partial charge in [0.15, 0.2) is 0 Å². The third-order valence-electron chi connectivity index (χ3n) is 5.78. The fraction of sp³-hybridized carbons (Fsp3) is 0.941. The van der Waals surface area contributed by atoms with E-state index in [9.17, 15) is 9.90 Å². The molecule has 1 saturated heterocycles. The average Bonchev–Trinajstić information content (AvgIpc) is 3.32. The molecule has 4 nitrogen and oxygen atoms in total. The second-order valence-electron chi connectivity index (χ2n) is 7.36. The van der Waals surface area contributed by atoms with E-state index in [1.165, 1.54) is 25.7 Å². The second-order valence-corrected chi connectivity index (χ2v) is 7.36. The van der Waals surface area contributed by atoms with E-state index >= 15 is 0 Å². The Balaban J connectivity index is 1.43. The Hall–Kier alpha value is -0.610. The number of aliphatic hydroxyl groups is 1. The molecule has 0 aromatic rings. The summed E-state index contributed by atoms with van der Waals surface area (Å²) in [7, 11) is 0. The number of likely N-dealkylation sites (tertiary alicyclic amines) is 1. The van der Waals surface area contributed by atoms with Crippen LogP contribution in [0.3, 0.4) is 0 Å². The highest BCUT2D eigenvalue weighted by Crippen LogP contribution is 2.36. The van der Waals surface area contributed by atoms with Crippen molar-refractivity contribution >= 4 is 5.91 Å². The summed E-state index contributed by atoms with van der Waals surface area (Å²) < 4.78 is 0. The van der Waals surface area contributed by atoms with Gasteiger partial charge in [-0.05, 0) is 44.4 Å². The topological polar surface area (TPSA) is 52.6 Å². The van der Waals surface area contributed by atoms with Gasteiger partial charge in [0, 0.05) is 31.1 Å². The van der Waals surface area contributed by atoms with Crippen LogP contribution in [0.4, 0.5) is 0 Å². The van der Waals surface area contributed by atoms with Crippen LogP contribution in [-0.4, -0.2) is 47.2 Å². The lowest BCUT2D eigenvalue weighted by atomic mass is 9.89. The molecule has 3 rings (SSSR count). The Kier molecular flexibility index (Phi) is 4.85. The van der Waals surface area contributed by atoms with Crippen LogP contribution in [0, 0.1) is 11.8 Å². The van der Waals surface area contributed by atoms with Crippen molar-refractivity contribution in [1.29, 1.82) is 0 Å². The van der Waals surface area contributed by atoms with Crippen molar-refractivity contribution in [1.82, 2.24) is 10.2 Å². The first-order valence-electron chi connectivity index (χ1n) is 8.87. The summed E-state index contributed by atoms with van der Waals surface area (Å²) in [5, 5.41) is 13.4. The minimum Gasteiger partial charge on any atom is -0.391 e. The smallest absolute Gasteiger partial charge is 0.223 e. The van der Waals surface area contributed by atoms with Crippen LogP contribution < -0.4 is 5.32 Å². The highest BCUT2D eigenvalue weighted by molar-refractivity contribution is 5.79. The highest BCUT2D eigenvalue weighted by Gasteiger charge is 2.35. The Morgan fingerprint density at radius 3 is 2.38 bits per heavy atom. The first kappa shape index (κ1) is 15.3. The predicted molar refractivity (Wildman–Crippen MR) is 82.9 cm³/mol. The fourth-order valence-corrected chi connectivity index (χ4v) is 4.04. The van der Waals surface area contributed by atoms with Gasteiger partial charge in [-0.3, -0.25) is 9.69 Å². The van der Waals surface area contributed by atoms with Crippen molar-refractivity contribution in [2.24, 2.45) is 11.8 Å². The lowest BCUT2D eigenvalue weighted by Gasteiger charge is -2.41. The van der Waals surface area contributed by atoms with Crippen molar-refractivity contribution in [3.63, 3.8) is 0 Å². The number of nitrogens with zero attached hydrogens (tertiary/aromatic N) is 1. The largest absolute Gasteiger partial charge is 0.391 e. The normalized spacial score (nSPS) is 33.6. The zero-order valence-electron chi connectivity index (χ0n) is 13.3. The first-order valence-corrected chi connectivity index (χ1v) is 8.87. The predicted octanol–water partition coefficient (Wildman–Crippen LogP) is 1.92. The molecule has 3 fully saturated rings. The van der Waals surface area contributed by atoms with Crippen molar-refractivity contribution in [3.8, 4) is 0 Å². The number of amides is 1. The molecule has 0 spiro atoms. The molecule has 1 amide bonds. The number of hydrogen-bond donors (Lipinski definition) is 2. The van der Waals surface area contributed by atoms with Gasteiger partial charge in [0.2, 0.25) is 5.91 Å². The molecular formula is C17H30N2O2. The van der Waals surface area contributed by atoms with Crippen LogP contribution in [0.2, 0.25) is 0 Å². The van der Waals surface area contributed by atoms with E-state index in [-0.39, 0.29) is 17.9 Å². The van der Waals surface area contributed by atoms with Gasteiger partial charge in [0.25, 0.3) is 0 Å². The van der Waals surface area contributed by atoms with Crippen molar-refractivity contribution < 1.29 is 9.90 Å². The second kappa shape index (κ2) is 6.66. The van der Waals surface area contributed by atoms with Crippen molar-refractivity contribution in [2.75, 3.05) is 13.1 Å². The third kappa shape index (κ3) is 3.78. The van der Waals surface area contributed by atoms with Gasteiger partial charge in [-0.25, -0.2) is 0 Å². The fourth-order valence-electron chi connectivity index (χ4n) is 4.04. The van der Waals surface area contributed by atoms with Gasteiger partial charge in [-0.15, -0.1) is 0 Å². The molecule has 0 radical (unpaired) electrons. The van der Waals surface area contributed by atoms with Gasteiger partial charge in [0.1, 0.15) is 0 Å². The molecule has 0 aromatic heterocycles. The van der Waals surface area contributed by atoms with Gasteiger partial charge in [0.05, 0.1) is 6.10 Å². The van der Waals surface area contributed by atoms with E-state index in [1.807, 2.05) is 0 Å². The zero-order valence-corrected chi connectivity index (χ0v) is 13.3. The molecular weight excluding hydrogens is 264 g/mol. The van der Waals surface area contributed by atoms with E-state index in [0.717, 1.165) is 38.8 Å². The van der Waals surface area contributed by atoms with E-state index in [1.54, 1.807) is 0 Å². The maximum absolute atomic E-state index is 12.2. The molecule has 1 aliphatic heterocycles. The monoisotopic (exact) mass is 294 g/mol. The summed E-state index contributed by atoms with van der Waals surface area (Å²) in [4.78, 5) is 14.6. The number of carbonyl (C=O) groups excluding carboxylic acids is 1. The molecule has 3 atom stereocenters. The molecule has 1 heterocycles. The number of hydrogen-bond acceptors (Lipinski definition) is 3. The van der Waals surface area contributed by atoms with Gasteiger partial charge >= 0.3 is 0 Å². The molecule has 0 aromatic carbocycles. The Morgan fingerprint density at radius 1 is 1.10 bits per heavy atom. The molecule has 3 aliphatic rings. The highest BCUT2D eigenvalue weighted by atomic mass is 16.3. The number of carbonyl (C=O) groups is 1. The average molecular weight is 294 g/mol. The summed E-state index contributed by atoms with van der Waals surface area (Å²) in [5.41, 5.74) is 0.